The van der Waals surface area contributed by atoms with Crippen molar-refractivity contribution in [2.45, 2.75) is 60.9 Å². The Hall–Kier alpha value is -0.140. The molecule has 0 saturated carbocycles. The molecule has 18 heavy (non-hydrogen) atoms. The van der Waals surface area contributed by atoms with Crippen molar-refractivity contribution in [3.05, 3.63) is 0 Å². The maximum absolute atomic E-state index is 10.0. The zero-order valence-corrected chi connectivity index (χ0v) is 11.1. The van der Waals surface area contributed by atoms with Crippen LogP contribution in [0, 0.1) is 0 Å². The van der Waals surface area contributed by atoms with E-state index >= 15 is 0 Å². The molecule has 1 fully saturated rings. The number of aliphatic hydroxyl groups is 4. The molecule has 5 nitrogen and oxygen atoms in total. The fourth-order valence-electron chi connectivity index (χ4n) is 2.14. The van der Waals surface area contributed by atoms with E-state index in [9.17, 15) is 20.1 Å². The van der Waals surface area contributed by atoms with Gasteiger partial charge >= 0.3 is 0 Å². The summed E-state index contributed by atoms with van der Waals surface area (Å²) in [4.78, 5) is 10.0. The monoisotopic (exact) mass is 277 g/mol. The van der Waals surface area contributed by atoms with Crippen LogP contribution in [0.5, 0.6) is 0 Å². The summed E-state index contributed by atoms with van der Waals surface area (Å²) in [5, 5.41) is 37.6. The lowest BCUT2D eigenvalue weighted by Crippen LogP contribution is -2.53. The molecule has 0 spiro atoms. The van der Waals surface area contributed by atoms with E-state index < -0.39 is 23.6 Å². The maximum atomic E-state index is 10.0. The summed E-state index contributed by atoms with van der Waals surface area (Å²) in [5.74, 6) is 0. The molecule has 1 rings (SSSR count). The smallest absolute Gasteiger partial charge is 0.198 e. The van der Waals surface area contributed by atoms with Crippen LogP contribution in [0.4, 0.5) is 0 Å². The van der Waals surface area contributed by atoms with Crippen LogP contribution < -0.4 is 0 Å². The number of unbranched alkanes of at least 4 members (excludes halogenated alkanes) is 3. The fourth-order valence-corrected chi connectivity index (χ4v) is 3.62. The van der Waals surface area contributed by atoms with Gasteiger partial charge in [-0.1, -0.05) is 12.8 Å². The molecule has 1 aliphatic heterocycles. The Morgan fingerprint density at radius 1 is 0.944 bits per heavy atom. The molecule has 105 valence electrons. The molecule has 0 aromatic heterocycles. The molecule has 0 amide bonds. The third kappa shape index (κ3) is 4.20. The second-order valence-electron chi connectivity index (χ2n) is 4.61. The summed E-state index contributed by atoms with van der Waals surface area (Å²) in [6.45, 7) is -0.216. The predicted molar refractivity (Wildman–Crippen MR) is 69.1 cm³/mol. The lowest BCUT2D eigenvalue weighted by Gasteiger charge is -2.39. The van der Waals surface area contributed by atoms with E-state index in [0.717, 1.165) is 19.3 Å². The molecule has 0 aromatic carbocycles. The SMILES string of the molecule is O=[C]CCCCC[C@@H]1S[C@H](CO)[C@H](O)[C@H](O)[C@H]1O. The van der Waals surface area contributed by atoms with Gasteiger partial charge in [0.05, 0.1) is 24.1 Å². The Morgan fingerprint density at radius 2 is 1.61 bits per heavy atom. The van der Waals surface area contributed by atoms with Crippen molar-refractivity contribution in [2.75, 3.05) is 6.61 Å². The highest BCUT2D eigenvalue weighted by molar-refractivity contribution is 8.00. The van der Waals surface area contributed by atoms with Gasteiger partial charge in [0, 0.05) is 11.7 Å². The van der Waals surface area contributed by atoms with E-state index in [1.54, 1.807) is 0 Å². The first-order chi connectivity index (χ1) is 8.61. The Labute approximate surface area is 111 Å². The van der Waals surface area contributed by atoms with Crippen molar-refractivity contribution in [3.63, 3.8) is 0 Å². The van der Waals surface area contributed by atoms with Gasteiger partial charge in [-0.15, -0.1) is 11.8 Å². The van der Waals surface area contributed by atoms with Gasteiger partial charge in [0.15, 0.2) is 6.29 Å². The number of carbonyl (C=O) groups excluding carboxylic acids is 1. The zero-order chi connectivity index (χ0) is 13.5. The van der Waals surface area contributed by atoms with Crippen molar-refractivity contribution < 1.29 is 25.2 Å². The van der Waals surface area contributed by atoms with E-state index in [1.807, 2.05) is 6.29 Å². The average Bonchev–Trinajstić information content (AvgIpc) is 2.38. The Balaban J connectivity index is 2.37. The lowest BCUT2D eigenvalue weighted by atomic mass is 9.98. The third-order valence-electron chi connectivity index (χ3n) is 3.26. The minimum absolute atomic E-state index is 0.180. The van der Waals surface area contributed by atoms with E-state index in [2.05, 4.69) is 0 Å². The van der Waals surface area contributed by atoms with Crippen LogP contribution in [0.25, 0.3) is 0 Å². The Bertz CT molecular complexity index is 249. The minimum Gasteiger partial charge on any atom is -0.395 e. The quantitative estimate of drug-likeness (QED) is 0.473. The Morgan fingerprint density at radius 3 is 2.22 bits per heavy atom. The van der Waals surface area contributed by atoms with Crippen LogP contribution in [0.1, 0.15) is 32.1 Å². The van der Waals surface area contributed by atoms with Gasteiger partial charge in [0.1, 0.15) is 6.10 Å². The van der Waals surface area contributed by atoms with Gasteiger partial charge in [-0.25, -0.2) is 0 Å². The number of thioether (sulfide) groups is 1. The van der Waals surface area contributed by atoms with Gasteiger partial charge in [0.2, 0.25) is 0 Å². The fraction of sp³-hybridized carbons (Fsp3) is 0.917. The van der Waals surface area contributed by atoms with E-state index in [-0.39, 0.29) is 11.9 Å². The highest BCUT2D eigenvalue weighted by Crippen LogP contribution is 2.35. The number of hydrogen-bond acceptors (Lipinski definition) is 6. The zero-order valence-electron chi connectivity index (χ0n) is 10.2. The molecule has 1 heterocycles. The first kappa shape index (κ1) is 15.9. The van der Waals surface area contributed by atoms with Gasteiger partial charge in [0.25, 0.3) is 0 Å². The van der Waals surface area contributed by atoms with Gasteiger partial charge in [-0.3, -0.25) is 4.79 Å². The average molecular weight is 277 g/mol. The van der Waals surface area contributed by atoms with Crippen molar-refractivity contribution in [3.8, 4) is 0 Å². The second kappa shape index (κ2) is 8.12. The molecule has 1 saturated heterocycles. The van der Waals surface area contributed by atoms with Crippen LogP contribution in [-0.2, 0) is 4.79 Å². The minimum atomic E-state index is -1.20. The number of rotatable bonds is 7. The number of hydrogen-bond donors (Lipinski definition) is 4. The number of aliphatic hydroxyl groups excluding tert-OH is 4. The standard InChI is InChI=1S/C12H21O5S/c13-6-4-2-1-3-5-8-10(15)12(17)11(16)9(7-14)18-8/h8-12,14-17H,1-5,7H2/t8-,9+,10-,11-,12+/m0/s1. The van der Waals surface area contributed by atoms with Crippen LogP contribution in [-0.4, -0.2) is 62.1 Å². The Kier molecular flexibility index (Phi) is 7.18. The lowest BCUT2D eigenvalue weighted by molar-refractivity contribution is -0.0703. The molecule has 0 aromatic rings. The summed E-state index contributed by atoms with van der Waals surface area (Å²) >= 11 is 1.33. The highest BCUT2D eigenvalue weighted by Gasteiger charge is 2.42. The molecule has 4 N–H and O–H groups in total. The third-order valence-corrected chi connectivity index (χ3v) is 4.90. The molecule has 0 aliphatic carbocycles. The highest BCUT2D eigenvalue weighted by atomic mass is 32.2. The maximum Gasteiger partial charge on any atom is 0.198 e. The molecule has 6 heteroatoms. The molecule has 1 aliphatic rings. The van der Waals surface area contributed by atoms with Crippen molar-refractivity contribution in [1.29, 1.82) is 0 Å². The van der Waals surface area contributed by atoms with Gasteiger partial charge < -0.3 is 20.4 Å². The van der Waals surface area contributed by atoms with E-state index in [1.165, 1.54) is 11.8 Å². The normalized spacial score (nSPS) is 36.6. The van der Waals surface area contributed by atoms with Crippen molar-refractivity contribution in [2.24, 2.45) is 0 Å². The molecule has 1 radical (unpaired) electrons. The molecule has 0 unspecified atom stereocenters. The topological polar surface area (TPSA) is 98.0 Å². The van der Waals surface area contributed by atoms with E-state index in [4.69, 9.17) is 5.11 Å². The van der Waals surface area contributed by atoms with Crippen LogP contribution in [0.3, 0.4) is 0 Å². The van der Waals surface area contributed by atoms with E-state index in [0.29, 0.717) is 12.8 Å². The molecular formula is C12H21O5S. The van der Waals surface area contributed by atoms with Crippen LogP contribution in [0.15, 0.2) is 0 Å². The van der Waals surface area contributed by atoms with Gasteiger partial charge in [-0.2, -0.15) is 0 Å². The summed E-state index contributed by atoms with van der Waals surface area (Å²) in [5.41, 5.74) is 0. The van der Waals surface area contributed by atoms with Crippen molar-refractivity contribution in [1.82, 2.24) is 0 Å². The first-order valence-electron chi connectivity index (χ1n) is 6.27. The largest absolute Gasteiger partial charge is 0.395 e. The second-order valence-corrected chi connectivity index (χ2v) is 6.09. The summed E-state index contributed by atoms with van der Waals surface area (Å²) in [6.07, 6.45) is 2.22. The molecular weight excluding hydrogens is 256 g/mol. The van der Waals surface area contributed by atoms with Gasteiger partial charge in [-0.05, 0) is 12.8 Å². The molecule has 5 atom stereocenters. The van der Waals surface area contributed by atoms with Crippen LogP contribution >= 0.6 is 11.8 Å². The first-order valence-corrected chi connectivity index (χ1v) is 7.21. The van der Waals surface area contributed by atoms with Crippen molar-refractivity contribution >= 4 is 18.0 Å². The van der Waals surface area contributed by atoms with Crippen LogP contribution in [0.2, 0.25) is 0 Å². The summed E-state index contributed by atoms with van der Waals surface area (Å²) < 4.78 is 0. The summed E-state index contributed by atoms with van der Waals surface area (Å²) in [7, 11) is 0. The predicted octanol–water partition coefficient (Wildman–Crippen LogP) is -0.394. The summed E-state index contributed by atoms with van der Waals surface area (Å²) in [6, 6.07) is 0. The molecule has 0 bridgehead atoms.